The van der Waals surface area contributed by atoms with Gasteiger partial charge in [0.2, 0.25) is 0 Å². The van der Waals surface area contributed by atoms with E-state index in [-0.39, 0.29) is 53.3 Å². The summed E-state index contributed by atoms with van der Waals surface area (Å²) in [5.74, 6) is -2.30. The van der Waals surface area contributed by atoms with E-state index in [0.717, 1.165) is 67.0 Å². The number of carboxylic acid groups (broad SMARTS) is 2. The van der Waals surface area contributed by atoms with Gasteiger partial charge in [-0.2, -0.15) is 25.3 Å². The van der Waals surface area contributed by atoms with Gasteiger partial charge in [0.15, 0.2) is 0 Å². The molecule has 0 aliphatic carbocycles. The number of carbonyl (C=O) groups is 2. The van der Waals surface area contributed by atoms with Crippen molar-refractivity contribution in [1.82, 2.24) is 19.9 Å². The van der Waals surface area contributed by atoms with Gasteiger partial charge in [-0.25, -0.2) is 9.97 Å². The van der Waals surface area contributed by atoms with Crippen molar-refractivity contribution in [2.75, 3.05) is 0 Å². The molecule has 0 N–H and O–H groups in total. The van der Waals surface area contributed by atoms with Gasteiger partial charge in [-0.1, -0.05) is 41.0 Å². The van der Waals surface area contributed by atoms with Crippen LogP contribution in [0.2, 0.25) is 0 Å². The Kier molecular flexibility index (Phi) is 10.5. The molecule has 0 radical (unpaired) electrons. The van der Waals surface area contributed by atoms with Crippen LogP contribution >= 0.6 is 25.3 Å². The monoisotopic (exact) mass is 682 g/mol. The predicted molar refractivity (Wildman–Crippen MR) is 177 cm³/mol. The van der Waals surface area contributed by atoms with Crippen LogP contribution in [-0.4, -0.2) is 27.2 Å². The Labute approximate surface area is 284 Å². The summed E-state index contributed by atoms with van der Waals surface area (Å²) in [6.45, 7) is 11.9. The van der Waals surface area contributed by atoms with Gasteiger partial charge in [-0.15, -0.1) is 22.1 Å². The maximum absolute atomic E-state index is 11.5. The zero-order valence-corrected chi connectivity index (χ0v) is 28.9. The molecule has 3 aromatic heterocycles. The van der Waals surface area contributed by atoms with E-state index in [0.29, 0.717) is 22.4 Å². The van der Waals surface area contributed by atoms with Crippen LogP contribution in [0, 0.1) is 13.8 Å². The van der Waals surface area contributed by atoms with E-state index in [2.05, 4.69) is 0 Å². The van der Waals surface area contributed by atoms with Crippen LogP contribution < -0.4 is 20.2 Å². The number of carboxylic acids is 2. The number of thiol groups is 2. The Morgan fingerprint density at radius 3 is 1.84 bits per heavy atom. The van der Waals surface area contributed by atoms with Crippen LogP contribution in [-0.2, 0) is 33.1 Å². The minimum atomic E-state index is -1.15. The molecule has 0 amide bonds. The quantitative estimate of drug-likeness (QED) is 0.261. The average Bonchev–Trinajstić information content (AvgIpc) is 3.59. The number of aromatic nitrogens is 4. The summed E-state index contributed by atoms with van der Waals surface area (Å²) in [5.41, 5.74) is 12.7. The molecule has 2 atom stereocenters. The Bertz CT molecular complexity index is 1940. The first-order valence-electron chi connectivity index (χ1n) is 14.6. The average molecular weight is 683 g/mol. The SMILES string of the molecule is CC1=C(CCC(=O)[O-])c2cc3[n-]c(cc4nc(cc5[n-]c(cc1n2)c(C)c5C(C)S)C(C)=C4C(C)S)c(C)c3CCC(=O)[O-].[Fe+2]. The molecular weight excluding hydrogens is 648 g/mol. The summed E-state index contributed by atoms with van der Waals surface area (Å²) >= 11 is 9.56. The van der Waals surface area contributed by atoms with Crippen LogP contribution in [0.3, 0.4) is 0 Å². The van der Waals surface area contributed by atoms with Crippen LogP contribution in [0.1, 0.15) is 97.2 Å². The standard InChI is InChI=1S/C34H38N4O4S2.Fe/c1-15-21(7-9-31(39)40)27-14-28-22(8-10-32(41)42)16(2)24(36-28)12-29-34(20(6)44)18(4)26(38-29)13-30-33(19(5)43)17(3)25(37-30)11-23(15)35-27;/h11-14,19-20H,7-10H2,1-6H3,(H6,35,36,37,38,39,40,41,42,43,44);/q;+2/p-4. The van der Waals surface area contributed by atoms with E-state index >= 15 is 0 Å². The van der Waals surface area contributed by atoms with Crippen molar-refractivity contribution < 1.29 is 36.9 Å². The number of allylic oxidation sites excluding steroid dienone is 3. The van der Waals surface area contributed by atoms with Crippen molar-refractivity contribution in [1.29, 1.82) is 0 Å². The van der Waals surface area contributed by atoms with Crippen LogP contribution in [0.15, 0.2) is 24.3 Å². The molecule has 0 saturated heterocycles. The molecule has 5 rings (SSSR count). The first-order chi connectivity index (χ1) is 20.8. The second-order valence-corrected chi connectivity index (χ2v) is 13.0. The van der Waals surface area contributed by atoms with E-state index in [9.17, 15) is 19.8 Å². The molecule has 3 aromatic rings. The van der Waals surface area contributed by atoms with Gasteiger partial charge >= 0.3 is 17.1 Å². The molecule has 0 aromatic carbocycles. The molecule has 2 aliphatic rings. The third kappa shape index (κ3) is 6.82. The molecular formula is C34H34FeN4O4S2-2. The smallest absolute Gasteiger partial charge is 0.657 e. The van der Waals surface area contributed by atoms with E-state index in [1.165, 1.54) is 0 Å². The molecule has 5 heterocycles. The van der Waals surface area contributed by atoms with Gasteiger partial charge in [0.1, 0.15) is 0 Å². The normalized spacial score (nSPS) is 14.4. The summed E-state index contributed by atoms with van der Waals surface area (Å²) in [4.78, 5) is 42.8. The van der Waals surface area contributed by atoms with E-state index in [1.54, 1.807) is 0 Å². The molecule has 0 fully saturated rings. The number of fused-ring (bicyclic) bond motifs is 8. The molecule has 8 nitrogen and oxygen atoms in total. The van der Waals surface area contributed by atoms with E-state index in [1.807, 2.05) is 65.8 Å². The fourth-order valence-corrected chi connectivity index (χ4v) is 6.79. The Hall–Kier alpha value is -3.24. The van der Waals surface area contributed by atoms with Crippen molar-refractivity contribution in [2.45, 2.75) is 77.7 Å². The molecule has 11 heteroatoms. The van der Waals surface area contributed by atoms with Gasteiger partial charge < -0.3 is 29.8 Å². The predicted octanol–water partition coefficient (Wildman–Crippen LogP) is 4.57. The molecule has 2 aliphatic heterocycles. The van der Waals surface area contributed by atoms with Crippen molar-refractivity contribution in [2.24, 2.45) is 0 Å². The van der Waals surface area contributed by atoms with Gasteiger partial charge in [-0.3, -0.25) is 0 Å². The van der Waals surface area contributed by atoms with Gasteiger partial charge in [0.25, 0.3) is 0 Å². The van der Waals surface area contributed by atoms with Gasteiger partial charge in [-0.05, 0) is 95.1 Å². The Balaban J connectivity index is 0.00000461. The molecule has 45 heavy (non-hydrogen) atoms. The molecule has 8 bridgehead atoms. The number of hydrogen-bond donors (Lipinski definition) is 2. The Morgan fingerprint density at radius 1 is 0.711 bits per heavy atom. The summed E-state index contributed by atoms with van der Waals surface area (Å²) in [5, 5.41) is 22.7. The second kappa shape index (κ2) is 13.6. The van der Waals surface area contributed by atoms with Crippen LogP contribution in [0.4, 0.5) is 0 Å². The summed E-state index contributed by atoms with van der Waals surface area (Å²) in [6.07, 6.45) is 0.111. The van der Waals surface area contributed by atoms with E-state index < -0.39 is 11.9 Å². The van der Waals surface area contributed by atoms with Gasteiger partial charge in [0, 0.05) is 22.4 Å². The number of rotatable bonds is 8. The minimum Gasteiger partial charge on any atom is -0.657 e. The maximum atomic E-state index is 11.5. The summed E-state index contributed by atoms with van der Waals surface area (Å²) < 4.78 is 0. The second-order valence-electron chi connectivity index (χ2n) is 11.5. The summed E-state index contributed by atoms with van der Waals surface area (Å²) in [7, 11) is 0. The van der Waals surface area contributed by atoms with Crippen molar-refractivity contribution in [3.8, 4) is 0 Å². The third-order valence-electron chi connectivity index (χ3n) is 8.47. The molecule has 0 saturated carbocycles. The fourth-order valence-electron chi connectivity index (χ4n) is 6.14. The topological polar surface area (TPSA) is 134 Å². The summed E-state index contributed by atoms with van der Waals surface area (Å²) in [6, 6.07) is 7.65. The fraction of sp³-hybridized carbons (Fsp3) is 0.353. The number of aryl methyl sites for hydroxylation is 3. The molecule has 236 valence electrons. The number of aliphatic carboxylic acids is 2. The number of nitrogens with zero attached hydrogens (tertiary/aromatic N) is 4. The van der Waals surface area contributed by atoms with Crippen molar-refractivity contribution in [3.05, 3.63) is 69.3 Å². The first-order valence-corrected chi connectivity index (χ1v) is 15.6. The number of hydrogen-bond acceptors (Lipinski definition) is 8. The minimum absolute atomic E-state index is 0. The Morgan fingerprint density at radius 2 is 1.22 bits per heavy atom. The first kappa shape index (κ1) is 34.6. The zero-order valence-electron chi connectivity index (χ0n) is 26.0. The van der Waals surface area contributed by atoms with Crippen molar-refractivity contribution >= 4 is 81.6 Å². The third-order valence-corrected chi connectivity index (χ3v) is 8.99. The number of carbonyl (C=O) groups excluding carboxylic acids is 2. The molecule has 2 unspecified atom stereocenters. The maximum Gasteiger partial charge on any atom is 2.00 e. The van der Waals surface area contributed by atoms with E-state index in [4.69, 9.17) is 45.2 Å². The van der Waals surface area contributed by atoms with Crippen molar-refractivity contribution in [3.63, 3.8) is 0 Å². The molecule has 0 spiro atoms. The van der Waals surface area contributed by atoms with Crippen LogP contribution in [0.5, 0.6) is 0 Å². The van der Waals surface area contributed by atoms with Gasteiger partial charge in [0.05, 0.1) is 22.8 Å². The largest absolute Gasteiger partial charge is 2.00 e. The van der Waals surface area contributed by atoms with Crippen LogP contribution in [0.25, 0.3) is 44.4 Å². The zero-order chi connectivity index (χ0) is 32.0.